The van der Waals surface area contributed by atoms with Gasteiger partial charge < -0.3 is 10.2 Å². The first-order valence-electron chi connectivity index (χ1n) is 5.96. The molecule has 0 aliphatic carbocycles. The Kier molecular flexibility index (Phi) is 3.62. The van der Waals surface area contributed by atoms with Gasteiger partial charge in [0.05, 0.1) is 5.69 Å². The van der Waals surface area contributed by atoms with E-state index >= 15 is 0 Å². The molecule has 0 unspecified atom stereocenters. The second-order valence-electron chi connectivity index (χ2n) is 4.75. The van der Waals surface area contributed by atoms with E-state index in [4.69, 9.17) is 0 Å². The number of hydrogen-bond donors (Lipinski definition) is 1. The first kappa shape index (κ1) is 12.3. The summed E-state index contributed by atoms with van der Waals surface area (Å²) in [6.45, 7) is 1.89. The summed E-state index contributed by atoms with van der Waals surface area (Å²) in [6.07, 6.45) is 1.97. The molecule has 0 amide bonds. The van der Waals surface area contributed by atoms with E-state index in [2.05, 4.69) is 5.32 Å². The lowest BCUT2D eigenvalue weighted by Crippen LogP contribution is -2.27. The number of nitrogens with zero attached hydrogens (tertiary/aromatic N) is 1. The van der Waals surface area contributed by atoms with E-state index in [0.29, 0.717) is 11.6 Å². The van der Waals surface area contributed by atoms with Gasteiger partial charge in [-0.3, -0.25) is 0 Å². The Hall–Kier alpha value is -1.16. The zero-order valence-corrected chi connectivity index (χ0v) is 10.3. The normalized spacial score (nSPS) is 17.2. The molecule has 1 fully saturated rings. The summed E-state index contributed by atoms with van der Waals surface area (Å²) in [5, 5.41) is 3.27. The molecular formula is C13H18F2N2. The number of benzene rings is 1. The smallest absolute Gasteiger partial charge is 0.182 e. The Morgan fingerprint density at radius 3 is 2.41 bits per heavy atom. The van der Waals surface area contributed by atoms with Crippen LogP contribution in [0.25, 0.3) is 0 Å². The molecular weight excluding hydrogens is 222 g/mol. The summed E-state index contributed by atoms with van der Waals surface area (Å²) in [5.74, 6) is -1.16. The van der Waals surface area contributed by atoms with Crippen LogP contribution in [0.2, 0.25) is 0 Å². The predicted octanol–water partition coefficient (Wildman–Crippen LogP) is 2.50. The van der Waals surface area contributed by atoms with Crippen LogP contribution in [0.4, 0.5) is 14.5 Å². The van der Waals surface area contributed by atoms with E-state index in [-0.39, 0.29) is 0 Å². The van der Waals surface area contributed by atoms with Gasteiger partial charge >= 0.3 is 0 Å². The van der Waals surface area contributed by atoms with E-state index in [1.807, 2.05) is 0 Å². The van der Waals surface area contributed by atoms with Crippen molar-refractivity contribution >= 4 is 5.69 Å². The van der Waals surface area contributed by atoms with Crippen molar-refractivity contribution < 1.29 is 8.78 Å². The third-order valence-electron chi connectivity index (χ3n) is 3.32. The largest absolute Gasteiger partial charge is 0.375 e. The second-order valence-corrected chi connectivity index (χ2v) is 4.75. The van der Waals surface area contributed by atoms with Crippen LogP contribution >= 0.6 is 0 Å². The van der Waals surface area contributed by atoms with Crippen LogP contribution in [0.5, 0.6) is 0 Å². The topological polar surface area (TPSA) is 15.3 Å². The molecule has 1 saturated heterocycles. The van der Waals surface area contributed by atoms with Gasteiger partial charge in [-0.05, 0) is 49.5 Å². The molecule has 2 nitrogen and oxygen atoms in total. The highest BCUT2D eigenvalue weighted by molar-refractivity contribution is 5.50. The Labute approximate surface area is 101 Å². The lowest BCUT2D eigenvalue weighted by atomic mass is 9.90. The van der Waals surface area contributed by atoms with E-state index in [1.165, 1.54) is 6.07 Å². The minimum atomic E-state index is -0.757. The summed E-state index contributed by atoms with van der Waals surface area (Å²) in [6, 6.07) is 3.12. The van der Waals surface area contributed by atoms with Crippen LogP contribution < -0.4 is 10.2 Å². The Morgan fingerprint density at radius 1 is 1.18 bits per heavy atom. The Morgan fingerprint density at radius 2 is 1.82 bits per heavy atom. The predicted molar refractivity (Wildman–Crippen MR) is 65.5 cm³/mol. The lowest BCUT2D eigenvalue weighted by molar-refractivity contribution is 0.454. The summed E-state index contributed by atoms with van der Waals surface area (Å²) in [7, 11) is 3.45. The monoisotopic (exact) mass is 240 g/mol. The van der Waals surface area contributed by atoms with Crippen molar-refractivity contribution in [3.05, 3.63) is 29.3 Å². The summed E-state index contributed by atoms with van der Waals surface area (Å²) in [4.78, 5) is 1.61. The molecule has 0 spiro atoms. The van der Waals surface area contributed by atoms with Crippen LogP contribution in [-0.4, -0.2) is 27.2 Å². The van der Waals surface area contributed by atoms with E-state index in [1.54, 1.807) is 25.1 Å². The summed E-state index contributed by atoms with van der Waals surface area (Å²) < 4.78 is 27.1. The first-order valence-corrected chi connectivity index (χ1v) is 5.96. The molecule has 17 heavy (non-hydrogen) atoms. The van der Waals surface area contributed by atoms with Gasteiger partial charge in [0.25, 0.3) is 0 Å². The molecule has 1 aliphatic heterocycles. The van der Waals surface area contributed by atoms with Crippen molar-refractivity contribution in [1.29, 1.82) is 0 Å². The van der Waals surface area contributed by atoms with Crippen molar-refractivity contribution in [2.75, 3.05) is 32.1 Å². The third-order valence-corrected chi connectivity index (χ3v) is 3.32. The van der Waals surface area contributed by atoms with Gasteiger partial charge in [-0.2, -0.15) is 0 Å². The molecule has 0 radical (unpaired) electrons. The van der Waals surface area contributed by atoms with Gasteiger partial charge in [0.2, 0.25) is 0 Å². The second kappa shape index (κ2) is 5.00. The zero-order chi connectivity index (χ0) is 12.4. The standard InChI is InChI=1S/C13H18F2N2/c1-17(2)12-8-10(7-11(14)13(12)15)9-3-5-16-6-4-9/h7-9,16H,3-6H2,1-2H3. The fourth-order valence-electron chi connectivity index (χ4n) is 2.31. The van der Waals surface area contributed by atoms with Gasteiger partial charge in [-0.25, -0.2) is 8.78 Å². The van der Waals surface area contributed by atoms with Gasteiger partial charge in [-0.15, -0.1) is 0 Å². The fourth-order valence-corrected chi connectivity index (χ4v) is 2.31. The lowest BCUT2D eigenvalue weighted by Gasteiger charge is -2.24. The van der Waals surface area contributed by atoms with Crippen LogP contribution in [0, 0.1) is 11.6 Å². The van der Waals surface area contributed by atoms with E-state index < -0.39 is 11.6 Å². The number of piperidine rings is 1. The molecule has 0 atom stereocenters. The molecule has 1 aliphatic rings. The van der Waals surface area contributed by atoms with Crippen molar-refractivity contribution in [3.8, 4) is 0 Å². The molecule has 94 valence electrons. The third kappa shape index (κ3) is 2.57. The number of anilines is 1. The minimum Gasteiger partial charge on any atom is -0.375 e. The number of rotatable bonds is 2. The molecule has 0 saturated carbocycles. The summed E-state index contributed by atoms with van der Waals surface area (Å²) in [5.41, 5.74) is 1.24. The highest BCUT2D eigenvalue weighted by Gasteiger charge is 2.19. The molecule has 1 N–H and O–H groups in total. The maximum Gasteiger partial charge on any atom is 0.182 e. The van der Waals surface area contributed by atoms with E-state index in [0.717, 1.165) is 31.5 Å². The molecule has 4 heteroatoms. The molecule has 0 aromatic heterocycles. The first-order chi connectivity index (χ1) is 8.09. The average molecular weight is 240 g/mol. The zero-order valence-electron chi connectivity index (χ0n) is 10.3. The van der Waals surface area contributed by atoms with Gasteiger partial charge in [0.15, 0.2) is 11.6 Å². The minimum absolute atomic E-state index is 0.332. The molecule has 1 aromatic rings. The quantitative estimate of drug-likeness (QED) is 0.854. The number of hydrogen-bond acceptors (Lipinski definition) is 2. The maximum absolute atomic E-state index is 13.6. The molecule has 1 heterocycles. The average Bonchev–Trinajstić information content (AvgIpc) is 2.33. The van der Waals surface area contributed by atoms with Gasteiger partial charge in [0.1, 0.15) is 0 Å². The van der Waals surface area contributed by atoms with Crippen LogP contribution in [0.15, 0.2) is 12.1 Å². The molecule has 2 rings (SSSR count). The van der Waals surface area contributed by atoms with Crippen molar-refractivity contribution in [2.45, 2.75) is 18.8 Å². The number of nitrogens with one attached hydrogen (secondary N) is 1. The SMILES string of the molecule is CN(C)c1cc(C2CCNCC2)cc(F)c1F. The molecule has 0 bridgehead atoms. The van der Waals surface area contributed by atoms with Gasteiger partial charge in [0, 0.05) is 14.1 Å². The maximum atomic E-state index is 13.6. The van der Waals surface area contributed by atoms with Crippen molar-refractivity contribution in [1.82, 2.24) is 5.32 Å². The highest BCUT2D eigenvalue weighted by Crippen LogP contribution is 2.30. The Bertz CT molecular complexity index is 399. The highest BCUT2D eigenvalue weighted by atomic mass is 19.2. The van der Waals surface area contributed by atoms with Crippen LogP contribution in [-0.2, 0) is 0 Å². The van der Waals surface area contributed by atoms with Crippen molar-refractivity contribution in [2.24, 2.45) is 0 Å². The van der Waals surface area contributed by atoms with Crippen LogP contribution in [0.1, 0.15) is 24.3 Å². The summed E-state index contributed by atoms with van der Waals surface area (Å²) >= 11 is 0. The number of halogens is 2. The van der Waals surface area contributed by atoms with Crippen LogP contribution in [0.3, 0.4) is 0 Å². The van der Waals surface area contributed by atoms with Crippen molar-refractivity contribution in [3.63, 3.8) is 0 Å². The fraction of sp³-hybridized carbons (Fsp3) is 0.538. The Balaban J connectivity index is 2.34. The van der Waals surface area contributed by atoms with Gasteiger partial charge in [-0.1, -0.05) is 0 Å². The van der Waals surface area contributed by atoms with E-state index in [9.17, 15) is 8.78 Å². The molecule has 1 aromatic carbocycles.